The Hall–Kier alpha value is -2.86. The van der Waals surface area contributed by atoms with Crippen LogP contribution in [-0.2, 0) is 0 Å². The summed E-state index contributed by atoms with van der Waals surface area (Å²) in [4.78, 5) is 31.7. The summed E-state index contributed by atoms with van der Waals surface area (Å²) in [5.41, 5.74) is 1.67. The third-order valence-corrected chi connectivity index (χ3v) is 4.97. The zero-order chi connectivity index (χ0) is 19.0. The first-order valence-electron chi connectivity index (χ1n) is 8.64. The van der Waals surface area contributed by atoms with Gasteiger partial charge in [-0.15, -0.1) is 0 Å². The molecule has 1 aliphatic heterocycles. The number of fused-ring (bicyclic) bond motifs is 1. The molecule has 4 rings (SSSR count). The smallest absolute Gasteiger partial charge is 0.270 e. The number of hydrogen-bond acceptors (Lipinski definition) is 2. The van der Waals surface area contributed by atoms with Crippen LogP contribution in [-0.4, -0.2) is 52.8 Å². The topological polar surface area (TPSA) is 56.4 Å². The molecule has 2 aromatic carbocycles. The third kappa shape index (κ3) is 3.53. The number of piperazine rings is 1. The standard InChI is InChI=1S/C20H17ClFN3O2/c21-15-4-5-17-14(10-15)12-18(23-17)20(27)25-8-6-24(7-9-25)19(26)13-2-1-3-16(22)11-13/h1-5,10-12,23H,6-9H2. The molecule has 2 amide bonds. The van der Waals surface area contributed by atoms with Gasteiger partial charge in [0.15, 0.2) is 0 Å². The zero-order valence-corrected chi connectivity index (χ0v) is 15.2. The number of rotatable bonds is 2. The molecule has 7 heteroatoms. The molecule has 1 fully saturated rings. The second-order valence-electron chi connectivity index (χ2n) is 6.51. The number of nitrogens with zero attached hydrogens (tertiary/aromatic N) is 2. The molecular formula is C20H17ClFN3O2. The van der Waals surface area contributed by atoms with Gasteiger partial charge >= 0.3 is 0 Å². The summed E-state index contributed by atoms with van der Waals surface area (Å²) in [7, 11) is 0. The number of aromatic amines is 1. The highest BCUT2D eigenvalue weighted by molar-refractivity contribution is 6.31. The predicted molar refractivity (Wildman–Crippen MR) is 102 cm³/mol. The van der Waals surface area contributed by atoms with Crippen molar-refractivity contribution < 1.29 is 14.0 Å². The second-order valence-corrected chi connectivity index (χ2v) is 6.95. The van der Waals surface area contributed by atoms with E-state index < -0.39 is 5.82 Å². The van der Waals surface area contributed by atoms with Crippen LogP contribution in [0.15, 0.2) is 48.5 Å². The van der Waals surface area contributed by atoms with E-state index in [0.717, 1.165) is 10.9 Å². The number of nitrogens with one attached hydrogen (secondary N) is 1. The molecule has 2 heterocycles. The minimum Gasteiger partial charge on any atom is -0.351 e. The first-order valence-corrected chi connectivity index (χ1v) is 9.01. The van der Waals surface area contributed by atoms with Gasteiger partial charge in [0.1, 0.15) is 11.5 Å². The molecule has 1 aliphatic rings. The van der Waals surface area contributed by atoms with E-state index >= 15 is 0 Å². The third-order valence-electron chi connectivity index (χ3n) is 4.74. The van der Waals surface area contributed by atoms with Gasteiger partial charge in [0.2, 0.25) is 0 Å². The Morgan fingerprint density at radius 3 is 2.33 bits per heavy atom. The van der Waals surface area contributed by atoms with Gasteiger partial charge in [-0.3, -0.25) is 9.59 Å². The van der Waals surface area contributed by atoms with Crippen LogP contribution >= 0.6 is 11.6 Å². The number of carbonyl (C=O) groups excluding carboxylic acids is 2. The maximum atomic E-state index is 13.3. The Bertz CT molecular complexity index is 1020. The lowest BCUT2D eigenvalue weighted by atomic mass is 10.1. The highest BCUT2D eigenvalue weighted by Gasteiger charge is 2.26. The van der Waals surface area contributed by atoms with Crippen molar-refractivity contribution in [1.82, 2.24) is 14.8 Å². The molecular weight excluding hydrogens is 369 g/mol. The van der Waals surface area contributed by atoms with Crippen LogP contribution in [0.3, 0.4) is 0 Å². The fourth-order valence-corrected chi connectivity index (χ4v) is 3.49. The Morgan fingerprint density at radius 2 is 1.63 bits per heavy atom. The average Bonchev–Trinajstić information content (AvgIpc) is 3.10. The molecule has 0 saturated carbocycles. The summed E-state index contributed by atoms with van der Waals surface area (Å²) in [5.74, 6) is -0.768. The molecule has 1 aromatic heterocycles. The SMILES string of the molecule is O=C(c1cccc(F)c1)N1CCN(C(=O)c2cc3cc(Cl)ccc3[nH]2)CC1. The molecule has 27 heavy (non-hydrogen) atoms. The van der Waals surface area contributed by atoms with E-state index in [0.29, 0.717) is 42.5 Å². The second kappa shape index (κ2) is 7.04. The number of aromatic nitrogens is 1. The first-order chi connectivity index (χ1) is 13.0. The molecule has 1 N–H and O–H groups in total. The van der Waals surface area contributed by atoms with E-state index in [-0.39, 0.29) is 11.8 Å². The van der Waals surface area contributed by atoms with E-state index in [1.807, 2.05) is 6.07 Å². The molecule has 0 radical (unpaired) electrons. The van der Waals surface area contributed by atoms with Gasteiger partial charge in [-0.1, -0.05) is 17.7 Å². The number of carbonyl (C=O) groups is 2. The monoisotopic (exact) mass is 385 g/mol. The molecule has 0 unspecified atom stereocenters. The van der Waals surface area contributed by atoms with E-state index in [4.69, 9.17) is 11.6 Å². The number of halogens is 2. The van der Waals surface area contributed by atoms with E-state index in [1.54, 1.807) is 34.1 Å². The van der Waals surface area contributed by atoms with Crippen molar-refractivity contribution in [3.63, 3.8) is 0 Å². The number of hydrogen-bond donors (Lipinski definition) is 1. The molecule has 3 aromatic rings. The van der Waals surface area contributed by atoms with Crippen molar-refractivity contribution >= 4 is 34.3 Å². The van der Waals surface area contributed by atoms with Crippen molar-refractivity contribution in [1.29, 1.82) is 0 Å². The summed E-state index contributed by atoms with van der Waals surface area (Å²) in [5, 5.41) is 1.50. The van der Waals surface area contributed by atoms with Crippen LogP contribution in [0.1, 0.15) is 20.8 Å². The molecule has 1 saturated heterocycles. The Morgan fingerprint density at radius 1 is 0.926 bits per heavy atom. The largest absolute Gasteiger partial charge is 0.351 e. The highest BCUT2D eigenvalue weighted by Crippen LogP contribution is 2.21. The molecule has 5 nitrogen and oxygen atoms in total. The van der Waals surface area contributed by atoms with Crippen LogP contribution in [0.4, 0.5) is 4.39 Å². The van der Waals surface area contributed by atoms with Crippen molar-refractivity contribution in [3.05, 3.63) is 70.6 Å². The van der Waals surface area contributed by atoms with Crippen molar-refractivity contribution in [2.45, 2.75) is 0 Å². The Labute approximate surface area is 160 Å². The summed E-state index contributed by atoms with van der Waals surface area (Å²) in [6.07, 6.45) is 0. The van der Waals surface area contributed by atoms with Crippen molar-refractivity contribution in [2.75, 3.05) is 26.2 Å². The molecule has 0 atom stereocenters. The van der Waals surface area contributed by atoms with Crippen LogP contribution in [0.25, 0.3) is 10.9 Å². The van der Waals surface area contributed by atoms with Crippen LogP contribution in [0, 0.1) is 5.82 Å². The fraction of sp³-hybridized carbons (Fsp3) is 0.200. The Kier molecular flexibility index (Phi) is 4.58. The lowest BCUT2D eigenvalue weighted by molar-refractivity contribution is 0.0532. The molecule has 138 valence electrons. The summed E-state index contributed by atoms with van der Waals surface area (Å²) in [6.45, 7) is 1.67. The average molecular weight is 386 g/mol. The van der Waals surface area contributed by atoms with Crippen molar-refractivity contribution in [3.8, 4) is 0 Å². The highest BCUT2D eigenvalue weighted by atomic mass is 35.5. The van der Waals surface area contributed by atoms with E-state index in [2.05, 4.69) is 4.98 Å². The van der Waals surface area contributed by atoms with Crippen molar-refractivity contribution in [2.24, 2.45) is 0 Å². The Balaban J connectivity index is 1.43. The minimum atomic E-state index is -0.437. The predicted octanol–water partition coefficient (Wildman–Crippen LogP) is 3.56. The van der Waals surface area contributed by atoms with Gasteiger partial charge in [-0.05, 0) is 42.5 Å². The van der Waals surface area contributed by atoms with Gasteiger partial charge in [0, 0.05) is 47.7 Å². The number of amides is 2. The van der Waals surface area contributed by atoms with Gasteiger partial charge in [-0.25, -0.2) is 4.39 Å². The molecule has 0 bridgehead atoms. The van der Waals surface area contributed by atoms with Crippen LogP contribution < -0.4 is 0 Å². The summed E-state index contributed by atoms with van der Waals surface area (Å²) < 4.78 is 13.3. The van der Waals surface area contributed by atoms with Crippen LogP contribution in [0.5, 0.6) is 0 Å². The van der Waals surface area contributed by atoms with E-state index in [9.17, 15) is 14.0 Å². The fourth-order valence-electron chi connectivity index (χ4n) is 3.31. The quantitative estimate of drug-likeness (QED) is 0.733. The van der Waals surface area contributed by atoms with Gasteiger partial charge in [-0.2, -0.15) is 0 Å². The maximum Gasteiger partial charge on any atom is 0.270 e. The molecule has 0 aliphatic carbocycles. The van der Waals surface area contributed by atoms with Gasteiger partial charge < -0.3 is 14.8 Å². The maximum absolute atomic E-state index is 13.3. The van der Waals surface area contributed by atoms with Gasteiger partial charge in [0.25, 0.3) is 11.8 Å². The number of benzene rings is 2. The van der Waals surface area contributed by atoms with Crippen LogP contribution in [0.2, 0.25) is 5.02 Å². The number of H-pyrrole nitrogens is 1. The first kappa shape index (κ1) is 17.5. The van der Waals surface area contributed by atoms with E-state index in [1.165, 1.54) is 18.2 Å². The van der Waals surface area contributed by atoms with Gasteiger partial charge in [0.05, 0.1) is 0 Å². The minimum absolute atomic E-state index is 0.111. The lowest BCUT2D eigenvalue weighted by Crippen LogP contribution is -2.50. The zero-order valence-electron chi connectivity index (χ0n) is 14.4. The molecule has 0 spiro atoms. The normalized spacial score (nSPS) is 14.6. The summed E-state index contributed by atoms with van der Waals surface area (Å²) >= 11 is 5.99. The summed E-state index contributed by atoms with van der Waals surface area (Å²) in [6, 6.07) is 12.8. The lowest BCUT2D eigenvalue weighted by Gasteiger charge is -2.34.